The first kappa shape index (κ1) is 16.2. The van der Waals surface area contributed by atoms with Gasteiger partial charge < -0.3 is 4.74 Å². The van der Waals surface area contributed by atoms with E-state index in [1.165, 1.54) is 0 Å². The molecule has 1 aliphatic heterocycles. The molecule has 130 valence electrons. The average molecular weight is 346 g/mol. The molecule has 0 radical (unpaired) electrons. The molecular formula is C20H18N4O2. The maximum absolute atomic E-state index is 12.4. The molecule has 0 spiro atoms. The Bertz CT molecular complexity index is 819. The van der Waals surface area contributed by atoms with Crippen molar-refractivity contribution < 1.29 is 9.53 Å². The Kier molecular flexibility index (Phi) is 4.55. The summed E-state index contributed by atoms with van der Waals surface area (Å²) in [6.45, 7) is 0.909. The van der Waals surface area contributed by atoms with Gasteiger partial charge in [-0.05, 0) is 35.4 Å². The van der Waals surface area contributed by atoms with Crippen molar-refractivity contribution in [2.75, 3.05) is 13.2 Å². The molecule has 26 heavy (non-hydrogen) atoms. The SMILES string of the molecule is O=C1OCCN1C(c1ccccn1)C(c1cccnc1)c1cccnc1. The van der Waals surface area contributed by atoms with Crippen LogP contribution in [0.15, 0.2) is 73.4 Å². The number of amides is 1. The lowest BCUT2D eigenvalue weighted by molar-refractivity contribution is 0.144. The maximum Gasteiger partial charge on any atom is 0.410 e. The van der Waals surface area contributed by atoms with Crippen LogP contribution < -0.4 is 0 Å². The van der Waals surface area contributed by atoms with Gasteiger partial charge in [0.1, 0.15) is 6.61 Å². The van der Waals surface area contributed by atoms with Crippen LogP contribution in [-0.2, 0) is 4.74 Å². The van der Waals surface area contributed by atoms with Crippen LogP contribution in [-0.4, -0.2) is 39.1 Å². The van der Waals surface area contributed by atoms with Gasteiger partial charge in [0.2, 0.25) is 0 Å². The zero-order valence-corrected chi connectivity index (χ0v) is 14.1. The van der Waals surface area contributed by atoms with Crippen LogP contribution in [0.5, 0.6) is 0 Å². The minimum Gasteiger partial charge on any atom is -0.448 e. The summed E-state index contributed by atoms with van der Waals surface area (Å²) >= 11 is 0. The Hall–Kier alpha value is -3.28. The van der Waals surface area contributed by atoms with Gasteiger partial charge in [-0.2, -0.15) is 0 Å². The third-order valence-corrected chi connectivity index (χ3v) is 4.52. The fourth-order valence-corrected chi connectivity index (χ4v) is 3.40. The van der Waals surface area contributed by atoms with Gasteiger partial charge in [0.25, 0.3) is 0 Å². The maximum atomic E-state index is 12.4. The lowest BCUT2D eigenvalue weighted by Crippen LogP contribution is -2.34. The molecule has 1 aliphatic rings. The number of nitrogens with zero attached hydrogens (tertiary/aromatic N) is 4. The van der Waals surface area contributed by atoms with Gasteiger partial charge in [-0.25, -0.2) is 4.79 Å². The van der Waals surface area contributed by atoms with Crippen molar-refractivity contribution in [3.8, 4) is 0 Å². The Labute approximate surface area is 151 Å². The fourth-order valence-electron chi connectivity index (χ4n) is 3.40. The third-order valence-electron chi connectivity index (χ3n) is 4.52. The summed E-state index contributed by atoms with van der Waals surface area (Å²) in [5, 5.41) is 0. The molecule has 1 atom stereocenters. The summed E-state index contributed by atoms with van der Waals surface area (Å²) < 4.78 is 5.22. The van der Waals surface area contributed by atoms with Crippen LogP contribution in [0.1, 0.15) is 28.8 Å². The lowest BCUT2D eigenvalue weighted by atomic mass is 9.84. The van der Waals surface area contributed by atoms with E-state index in [0.29, 0.717) is 13.2 Å². The third kappa shape index (κ3) is 3.13. The van der Waals surface area contributed by atoms with E-state index in [9.17, 15) is 4.79 Å². The molecule has 3 aromatic rings. The molecule has 6 heteroatoms. The van der Waals surface area contributed by atoms with E-state index in [-0.39, 0.29) is 18.1 Å². The molecule has 0 N–H and O–H groups in total. The van der Waals surface area contributed by atoms with Crippen LogP contribution in [0, 0.1) is 0 Å². The Morgan fingerprint density at radius 1 is 0.923 bits per heavy atom. The fraction of sp³-hybridized carbons (Fsp3) is 0.200. The second kappa shape index (κ2) is 7.31. The highest BCUT2D eigenvalue weighted by Gasteiger charge is 2.38. The smallest absolute Gasteiger partial charge is 0.410 e. The van der Waals surface area contributed by atoms with Gasteiger partial charge in [0, 0.05) is 36.9 Å². The minimum atomic E-state index is -0.321. The first-order valence-corrected chi connectivity index (χ1v) is 8.49. The zero-order valence-electron chi connectivity index (χ0n) is 14.1. The highest BCUT2D eigenvalue weighted by atomic mass is 16.6. The van der Waals surface area contributed by atoms with Crippen molar-refractivity contribution in [3.63, 3.8) is 0 Å². The Morgan fingerprint density at radius 2 is 1.65 bits per heavy atom. The number of pyridine rings is 3. The summed E-state index contributed by atoms with van der Waals surface area (Å²) in [6, 6.07) is 13.3. The summed E-state index contributed by atoms with van der Waals surface area (Å²) in [5.74, 6) is -0.155. The molecule has 0 aliphatic carbocycles. The van der Waals surface area contributed by atoms with E-state index in [2.05, 4.69) is 15.0 Å². The second-order valence-corrected chi connectivity index (χ2v) is 6.06. The van der Waals surface area contributed by atoms with Crippen LogP contribution in [0.4, 0.5) is 4.79 Å². The largest absolute Gasteiger partial charge is 0.448 e. The van der Waals surface area contributed by atoms with Gasteiger partial charge >= 0.3 is 6.09 Å². The van der Waals surface area contributed by atoms with E-state index in [4.69, 9.17) is 4.74 Å². The highest BCUT2D eigenvalue weighted by molar-refractivity contribution is 5.70. The van der Waals surface area contributed by atoms with Gasteiger partial charge in [-0.15, -0.1) is 0 Å². The topological polar surface area (TPSA) is 68.2 Å². The number of aromatic nitrogens is 3. The first-order chi connectivity index (χ1) is 12.8. The van der Waals surface area contributed by atoms with Gasteiger partial charge in [-0.3, -0.25) is 19.9 Å². The number of carbonyl (C=O) groups is 1. The lowest BCUT2D eigenvalue weighted by Gasteiger charge is -2.33. The number of rotatable bonds is 5. The minimum absolute atomic E-state index is 0.155. The van der Waals surface area contributed by atoms with Crippen LogP contribution in [0.2, 0.25) is 0 Å². The van der Waals surface area contributed by atoms with Crippen LogP contribution in [0.3, 0.4) is 0 Å². The van der Waals surface area contributed by atoms with Crippen LogP contribution in [0.25, 0.3) is 0 Å². The highest BCUT2D eigenvalue weighted by Crippen LogP contribution is 2.40. The second-order valence-electron chi connectivity index (χ2n) is 6.06. The average Bonchev–Trinajstić information content (AvgIpc) is 3.13. The quantitative estimate of drug-likeness (QED) is 0.710. The number of hydrogen-bond acceptors (Lipinski definition) is 5. The number of cyclic esters (lactones) is 1. The van der Waals surface area contributed by atoms with E-state index >= 15 is 0 Å². The van der Waals surface area contributed by atoms with Crippen molar-refractivity contribution in [3.05, 3.63) is 90.3 Å². The van der Waals surface area contributed by atoms with Crippen molar-refractivity contribution in [1.29, 1.82) is 0 Å². The molecule has 4 heterocycles. The van der Waals surface area contributed by atoms with E-state index in [1.807, 2.05) is 54.9 Å². The normalized spacial score (nSPS) is 15.1. The monoisotopic (exact) mass is 346 g/mol. The number of ether oxygens (including phenoxy) is 1. The molecule has 1 fully saturated rings. The van der Waals surface area contributed by atoms with Crippen molar-refractivity contribution in [2.24, 2.45) is 0 Å². The van der Waals surface area contributed by atoms with Crippen LogP contribution >= 0.6 is 0 Å². The Morgan fingerprint density at radius 3 is 2.15 bits per heavy atom. The first-order valence-electron chi connectivity index (χ1n) is 8.49. The molecule has 0 aromatic carbocycles. The van der Waals surface area contributed by atoms with Gasteiger partial charge in [0.05, 0.1) is 18.3 Å². The van der Waals surface area contributed by atoms with E-state index < -0.39 is 0 Å². The molecule has 3 aromatic heterocycles. The molecule has 0 bridgehead atoms. The summed E-state index contributed by atoms with van der Waals surface area (Å²) in [7, 11) is 0. The molecule has 0 saturated carbocycles. The number of hydrogen-bond donors (Lipinski definition) is 0. The zero-order chi connectivity index (χ0) is 17.8. The molecule has 1 amide bonds. The predicted octanol–water partition coefficient (Wildman–Crippen LogP) is 3.20. The predicted molar refractivity (Wildman–Crippen MR) is 95.3 cm³/mol. The van der Waals surface area contributed by atoms with Crippen molar-refractivity contribution >= 4 is 6.09 Å². The van der Waals surface area contributed by atoms with Crippen molar-refractivity contribution in [1.82, 2.24) is 19.9 Å². The summed E-state index contributed by atoms with van der Waals surface area (Å²) in [5.41, 5.74) is 2.80. The Balaban J connectivity index is 1.88. The van der Waals surface area contributed by atoms with Crippen molar-refractivity contribution in [2.45, 2.75) is 12.0 Å². The van der Waals surface area contributed by atoms with Gasteiger partial charge in [0.15, 0.2) is 0 Å². The molecular weight excluding hydrogens is 328 g/mol. The van der Waals surface area contributed by atoms with E-state index in [0.717, 1.165) is 16.8 Å². The molecule has 1 saturated heterocycles. The molecule has 1 unspecified atom stereocenters. The summed E-state index contributed by atoms with van der Waals surface area (Å²) in [4.78, 5) is 27.2. The molecule has 6 nitrogen and oxygen atoms in total. The summed E-state index contributed by atoms with van der Waals surface area (Å²) in [6.07, 6.45) is 8.56. The van der Waals surface area contributed by atoms with Gasteiger partial charge in [-0.1, -0.05) is 18.2 Å². The van der Waals surface area contributed by atoms with E-state index in [1.54, 1.807) is 23.5 Å². The number of carbonyl (C=O) groups excluding carboxylic acids is 1. The standard InChI is InChI=1S/C20H18N4O2/c25-20-24(11-12-26-20)19(17-7-1-2-10-23-17)18(15-5-3-8-21-13-15)16-6-4-9-22-14-16/h1-10,13-14,18-19H,11-12H2. The molecule has 4 rings (SSSR count).